The number of primary amides is 1. The number of alkyl carbamates (subject to hydrolysis) is 1. The number of aryl methyl sites for hydroxylation is 2. The summed E-state index contributed by atoms with van der Waals surface area (Å²) in [5.74, 6) is -1.39. The zero-order valence-electron chi connectivity index (χ0n) is 23.1. The molecule has 0 aliphatic rings. The Kier molecular flexibility index (Phi) is 11.9. The smallest absolute Gasteiger partial charge is 0.408 e. The monoisotopic (exact) mass is 504 g/mol. The topological polar surface area (TPSA) is 131 Å². The molecule has 0 fully saturated rings. The second-order valence-corrected chi connectivity index (χ2v) is 10.5. The molecule has 0 aromatic heterocycles. The van der Waals surface area contributed by atoms with Gasteiger partial charge < -0.3 is 26.0 Å². The first-order chi connectivity index (χ1) is 16.7. The van der Waals surface area contributed by atoms with Crippen LogP contribution in [0.5, 0.6) is 0 Å². The molecule has 1 rings (SSSR count). The Hall–Kier alpha value is -3.10. The SMILES string of the molecule is CCCCN(C(=O)C(CCC(N)=O)NC(=O)OC(C)(C)C)C(C(=O)NC(C)C)c1ccc(C)c(C)c1. The van der Waals surface area contributed by atoms with Crippen molar-refractivity contribution in [1.82, 2.24) is 15.5 Å². The molecule has 9 nitrogen and oxygen atoms in total. The van der Waals surface area contributed by atoms with Crippen molar-refractivity contribution >= 4 is 23.8 Å². The van der Waals surface area contributed by atoms with Crippen LogP contribution in [0.1, 0.15) is 90.0 Å². The molecule has 2 atom stereocenters. The molecule has 1 aromatic carbocycles. The number of nitrogens with two attached hydrogens (primary N) is 1. The molecule has 4 N–H and O–H groups in total. The van der Waals surface area contributed by atoms with Crippen molar-refractivity contribution in [1.29, 1.82) is 0 Å². The molecule has 0 saturated carbocycles. The van der Waals surface area contributed by atoms with Gasteiger partial charge in [-0.1, -0.05) is 31.5 Å². The number of unbranched alkanes of at least 4 members (excludes halogenated alkanes) is 1. The third-order valence-corrected chi connectivity index (χ3v) is 5.54. The molecule has 0 spiro atoms. The highest BCUT2D eigenvalue weighted by molar-refractivity contribution is 5.92. The van der Waals surface area contributed by atoms with Crippen molar-refractivity contribution in [2.75, 3.05) is 6.54 Å². The third-order valence-electron chi connectivity index (χ3n) is 5.54. The van der Waals surface area contributed by atoms with E-state index >= 15 is 0 Å². The molecule has 9 heteroatoms. The van der Waals surface area contributed by atoms with Gasteiger partial charge in [-0.2, -0.15) is 0 Å². The van der Waals surface area contributed by atoms with Crippen LogP contribution in [0, 0.1) is 13.8 Å². The minimum absolute atomic E-state index is 0.0124. The Labute approximate surface area is 215 Å². The van der Waals surface area contributed by atoms with Crippen LogP contribution in [-0.2, 0) is 19.1 Å². The number of benzene rings is 1. The Balaban J connectivity index is 3.51. The zero-order chi connectivity index (χ0) is 27.6. The first kappa shape index (κ1) is 30.9. The van der Waals surface area contributed by atoms with Crippen molar-refractivity contribution in [3.05, 3.63) is 34.9 Å². The third kappa shape index (κ3) is 10.3. The predicted molar refractivity (Wildman–Crippen MR) is 140 cm³/mol. The average Bonchev–Trinajstić information content (AvgIpc) is 2.73. The Morgan fingerprint density at radius 3 is 2.19 bits per heavy atom. The second kappa shape index (κ2) is 13.8. The van der Waals surface area contributed by atoms with Gasteiger partial charge in [0.05, 0.1) is 0 Å². The van der Waals surface area contributed by atoms with E-state index in [-0.39, 0.29) is 24.8 Å². The van der Waals surface area contributed by atoms with Crippen molar-refractivity contribution in [2.45, 2.75) is 105 Å². The molecular weight excluding hydrogens is 460 g/mol. The summed E-state index contributed by atoms with van der Waals surface area (Å²) in [6.45, 7) is 15.1. The fraction of sp³-hybridized carbons (Fsp3) is 0.630. The van der Waals surface area contributed by atoms with E-state index in [2.05, 4.69) is 10.6 Å². The van der Waals surface area contributed by atoms with Crippen LogP contribution in [0.25, 0.3) is 0 Å². The first-order valence-corrected chi connectivity index (χ1v) is 12.6. The standard InChI is InChI=1S/C27H44N4O5/c1-9-10-15-31(23(24(33)29-17(2)3)20-12-11-18(4)19(5)16-20)25(34)21(13-14-22(28)32)30-26(35)36-27(6,7)8/h11-12,16-17,21,23H,9-10,13-15H2,1-8H3,(H2,28,32)(H,29,33)(H,30,35). The van der Waals surface area contributed by atoms with Crippen LogP contribution in [0.15, 0.2) is 18.2 Å². The molecule has 0 heterocycles. The van der Waals surface area contributed by atoms with Gasteiger partial charge in [-0.25, -0.2) is 4.79 Å². The van der Waals surface area contributed by atoms with Crippen molar-refractivity contribution in [3.8, 4) is 0 Å². The summed E-state index contributed by atoms with van der Waals surface area (Å²) in [5, 5.41) is 5.53. The van der Waals surface area contributed by atoms with E-state index in [1.54, 1.807) is 20.8 Å². The first-order valence-electron chi connectivity index (χ1n) is 12.6. The molecule has 202 valence electrons. The molecule has 0 aliphatic carbocycles. The van der Waals surface area contributed by atoms with Gasteiger partial charge in [0.15, 0.2) is 0 Å². The van der Waals surface area contributed by atoms with Crippen LogP contribution < -0.4 is 16.4 Å². The van der Waals surface area contributed by atoms with Gasteiger partial charge in [-0.3, -0.25) is 14.4 Å². The second-order valence-electron chi connectivity index (χ2n) is 10.5. The molecular formula is C27H44N4O5. The number of rotatable bonds is 12. The Morgan fingerprint density at radius 1 is 1.06 bits per heavy atom. The molecule has 4 amide bonds. The van der Waals surface area contributed by atoms with Gasteiger partial charge >= 0.3 is 6.09 Å². The minimum Gasteiger partial charge on any atom is -0.444 e. The molecule has 0 bridgehead atoms. The van der Waals surface area contributed by atoms with Crippen LogP contribution >= 0.6 is 0 Å². The summed E-state index contributed by atoms with van der Waals surface area (Å²) in [5.41, 5.74) is 7.30. The summed E-state index contributed by atoms with van der Waals surface area (Å²) in [7, 11) is 0. The number of ether oxygens (including phenoxy) is 1. The van der Waals surface area contributed by atoms with Crippen molar-refractivity contribution < 1.29 is 23.9 Å². The van der Waals surface area contributed by atoms with E-state index in [1.807, 2.05) is 52.8 Å². The van der Waals surface area contributed by atoms with Crippen LogP contribution in [0.2, 0.25) is 0 Å². The highest BCUT2D eigenvalue weighted by Gasteiger charge is 2.36. The van der Waals surface area contributed by atoms with Gasteiger partial charge in [0.2, 0.25) is 17.7 Å². The molecule has 1 aromatic rings. The lowest BCUT2D eigenvalue weighted by Crippen LogP contribution is -2.54. The summed E-state index contributed by atoms with van der Waals surface area (Å²) < 4.78 is 5.34. The van der Waals surface area contributed by atoms with Gasteiger partial charge in [0.1, 0.15) is 17.7 Å². The molecule has 0 saturated heterocycles. The quantitative estimate of drug-likeness (QED) is 0.400. The minimum atomic E-state index is -1.09. The van der Waals surface area contributed by atoms with Gasteiger partial charge in [0, 0.05) is 19.0 Å². The molecule has 36 heavy (non-hydrogen) atoms. The maximum Gasteiger partial charge on any atom is 0.408 e. The highest BCUT2D eigenvalue weighted by atomic mass is 16.6. The number of nitrogens with one attached hydrogen (secondary N) is 2. The maximum atomic E-state index is 13.9. The number of amides is 4. The summed E-state index contributed by atoms with van der Waals surface area (Å²) in [6.07, 6.45) is 0.537. The van der Waals surface area contributed by atoms with Gasteiger partial charge in [0.25, 0.3) is 0 Å². The normalized spacial score (nSPS) is 13.0. The van der Waals surface area contributed by atoms with Crippen LogP contribution in [-0.4, -0.2) is 52.9 Å². The fourth-order valence-corrected chi connectivity index (χ4v) is 3.66. The Morgan fingerprint density at radius 2 is 1.69 bits per heavy atom. The fourth-order valence-electron chi connectivity index (χ4n) is 3.66. The van der Waals surface area contributed by atoms with E-state index in [4.69, 9.17) is 10.5 Å². The number of hydrogen-bond acceptors (Lipinski definition) is 5. The molecule has 0 aliphatic heterocycles. The lowest BCUT2D eigenvalue weighted by molar-refractivity contribution is -0.143. The number of hydrogen-bond donors (Lipinski definition) is 3. The van der Waals surface area contributed by atoms with Gasteiger partial charge in [-0.15, -0.1) is 0 Å². The van der Waals surface area contributed by atoms with Crippen molar-refractivity contribution in [3.63, 3.8) is 0 Å². The molecule has 0 radical (unpaired) electrons. The lowest BCUT2D eigenvalue weighted by atomic mass is 9.97. The highest BCUT2D eigenvalue weighted by Crippen LogP contribution is 2.26. The maximum absolute atomic E-state index is 13.9. The van der Waals surface area contributed by atoms with Gasteiger partial charge in [-0.05, 0) is 78.0 Å². The lowest BCUT2D eigenvalue weighted by Gasteiger charge is -2.35. The average molecular weight is 505 g/mol. The number of carbonyl (C=O) groups is 4. The van der Waals surface area contributed by atoms with E-state index in [1.165, 1.54) is 4.90 Å². The summed E-state index contributed by atoms with van der Waals surface area (Å²) in [6, 6.07) is 3.53. The van der Waals surface area contributed by atoms with Crippen LogP contribution in [0.3, 0.4) is 0 Å². The van der Waals surface area contributed by atoms with Crippen molar-refractivity contribution in [2.24, 2.45) is 5.73 Å². The van der Waals surface area contributed by atoms with E-state index in [0.717, 1.165) is 17.5 Å². The van der Waals surface area contributed by atoms with E-state index in [0.29, 0.717) is 18.5 Å². The zero-order valence-corrected chi connectivity index (χ0v) is 23.1. The number of carbonyl (C=O) groups excluding carboxylic acids is 4. The predicted octanol–water partition coefficient (Wildman–Crippen LogP) is 3.66. The number of nitrogens with zero attached hydrogens (tertiary/aromatic N) is 1. The largest absolute Gasteiger partial charge is 0.444 e. The van der Waals surface area contributed by atoms with Crippen LogP contribution in [0.4, 0.5) is 4.79 Å². The van der Waals surface area contributed by atoms with E-state index in [9.17, 15) is 19.2 Å². The Bertz CT molecular complexity index is 923. The van der Waals surface area contributed by atoms with E-state index < -0.39 is 35.6 Å². The summed E-state index contributed by atoms with van der Waals surface area (Å²) >= 11 is 0. The molecule has 2 unspecified atom stereocenters. The summed E-state index contributed by atoms with van der Waals surface area (Å²) in [4.78, 5) is 53.0.